The maximum atomic E-state index is 5.75. The number of anilines is 1. The number of nitrogens with two attached hydrogens (primary N) is 1. The molecule has 0 aromatic carbocycles. The van der Waals surface area contributed by atoms with Crippen LogP contribution in [-0.2, 0) is 5.41 Å². The zero-order chi connectivity index (χ0) is 10.3. The molecular formula is C11H15N3. The van der Waals surface area contributed by atoms with Crippen LogP contribution >= 0.6 is 0 Å². The van der Waals surface area contributed by atoms with Crippen LogP contribution in [0.2, 0.25) is 0 Å². The number of hydrogen-bond donors (Lipinski definition) is 2. The Balaban J connectivity index is 2.80. The number of hydrogen-bond acceptors (Lipinski definition) is 2. The monoisotopic (exact) mass is 189 g/mol. The zero-order valence-electron chi connectivity index (χ0n) is 8.76. The van der Waals surface area contributed by atoms with Gasteiger partial charge in [-0.1, -0.05) is 20.8 Å². The lowest BCUT2D eigenvalue weighted by Gasteiger charge is -2.20. The highest BCUT2D eigenvalue weighted by molar-refractivity contribution is 5.82. The van der Waals surface area contributed by atoms with Crippen molar-refractivity contribution < 1.29 is 0 Å². The first kappa shape index (κ1) is 9.06. The molecule has 0 aliphatic rings. The molecule has 74 valence electrons. The molecule has 0 atom stereocenters. The van der Waals surface area contributed by atoms with E-state index in [4.69, 9.17) is 5.73 Å². The molecular weight excluding hydrogens is 174 g/mol. The molecule has 3 N–H and O–H groups in total. The molecule has 0 aliphatic carbocycles. The van der Waals surface area contributed by atoms with E-state index in [0.29, 0.717) is 5.82 Å². The van der Waals surface area contributed by atoms with E-state index in [1.165, 1.54) is 5.56 Å². The molecule has 2 rings (SSSR count). The summed E-state index contributed by atoms with van der Waals surface area (Å²) in [6.07, 6.45) is 1.90. The first-order chi connectivity index (χ1) is 6.48. The first-order valence-corrected chi connectivity index (χ1v) is 4.72. The third kappa shape index (κ3) is 1.35. The zero-order valence-corrected chi connectivity index (χ0v) is 8.76. The predicted molar refractivity (Wildman–Crippen MR) is 59.2 cm³/mol. The normalized spacial score (nSPS) is 12.2. The van der Waals surface area contributed by atoms with Crippen molar-refractivity contribution >= 4 is 16.9 Å². The standard InChI is InChI=1S/C11H15N3/c1-11(2,3)8-6-9(12)14-10-7(8)4-5-13-10/h4-6H,1-3H3,(H3,12,13,14). The van der Waals surface area contributed by atoms with Crippen molar-refractivity contribution in [3.8, 4) is 0 Å². The Morgan fingerprint density at radius 3 is 2.71 bits per heavy atom. The summed E-state index contributed by atoms with van der Waals surface area (Å²) in [5.41, 5.74) is 7.95. The van der Waals surface area contributed by atoms with E-state index in [0.717, 1.165) is 11.0 Å². The van der Waals surface area contributed by atoms with Crippen molar-refractivity contribution in [3.63, 3.8) is 0 Å². The molecule has 0 saturated carbocycles. The molecule has 3 nitrogen and oxygen atoms in total. The Labute approximate surface area is 83.3 Å². The van der Waals surface area contributed by atoms with Crippen LogP contribution in [0.15, 0.2) is 18.3 Å². The Morgan fingerprint density at radius 2 is 2.07 bits per heavy atom. The first-order valence-electron chi connectivity index (χ1n) is 4.72. The number of fused-ring (bicyclic) bond motifs is 1. The topological polar surface area (TPSA) is 54.7 Å². The fourth-order valence-corrected chi connectivity index (χ4v) is 1.68. The van der Waals surface area contributed by atoms with Gasteiger partial charge >= 0.3 is 0 Å². The summed E-state index contributed by atoms with van der Waals surface area (Å²) in [6.45, 7) is 6.52. The van der Waals surface area contributed by atoms with Gasteiger partial charge in [-0.15, -0.1) is 0 Å². The third-order valence-corrected chi connectivity index (χ3v) is 2.36. The molecule has 0 bridgehead atoms. The van der Waals surface area contributed by atoms with Crippen molar-refractivity contribution in [2.24, 2.45) is 0 Å². The average Bonchev–Trinajstić information content (AvgIpc) is 2.47. The second-order valence-electron chi connectivity index (χ2n) is 4.58. The Bertz CT molecular complexity index is 463. The molecule has 0 unspecified atom stereocenters. The van der Waals surface area contributed by atoms with Gasteiger partial charge in [-0.25, -0.2) is 4.98 Å². The van der Waals surface area contributed by atoms with Crippen LogP contribution in [0.5, 0.6) is 0 Å². The molecule has 0 amide bonds. The van der Waals surface area contributed by atoms with E-state index in [9.17, 15) is 0 Å². The van der Waals surface area contributed by atoms with Gasteiger partial charge in [0.2, 0.25) is 0 Å². The van der Waals surface area contributed by atoms with Crippen LogP contribution in [0.3, 0.4) is 0 Å². The lowest BCUT2D eigenvalue weighted by molar-refractivity contribution is 0.596. The number of nitrogens with zero attached hydrogens (tertiary/aromatic N) is 1. The van der Waals surface area contributed by atoms with Crippen LogP contribution in [-0.4, -0.2) is 9.97 Å². The van der Waals surface area contributed by atoms with Crippen molar-refractivity contribution in [1.82, 2.24) is 9.97 Å². The molecule has 0 saturated heterocycles. The smallest absolute Gasteiger partial charge is 0.139 e. The summed E-state index contributed by atoms with van der Waals surface area (Å²) in [4.78, 5) is 7.31. The highest BCUT2D eigenvalue weighted by Gasteiger charge is 2.18. The SMILES string of the molecule is CC(C)(C)c1cc(N)nc2[nH]ccc12. The van der Waals surface area contributed by atoms with E-state index in [1.54, 1.807) is 0 Å². The molecule has 2 aromatic rings. The molecule has 14 heavy (non-hydrogen) atoms. The molecule has 2 heterocycles. The lowest BCUT2D eigenvalue weighted by Crippen LogP contribution is -2.12. The minimum atomic E-state index is 0.0947. The van der Waals surface area contributed by atoms with Crippen LogP contribution in [0.25, 0.3) is 11.0 Å². The molecule has 0 spiro atoms. The fourth-order valence-electron chi connectivity index (χ4n) is 1.68. The van der Waals surface area contributed by atoms with Gasteiger partial charge in [0, 0.05) is 11.6 Å². The maximum Gasteiger partial charge on any atom is 0.139 e. The molecule has 0 radical (unpaired) electrons. The van der Waals surface area contributed by atoms with E-state index >= 15 is 0 Å². The minimum Gasteiger partial charge on any atom is -0.384 e. The number of H-pyrrole nitrogens is 1. The summed E-state index contributed by atoms with van der Waals surface area (Å²) < 4.78 is 0. The number of aromatic amines is 1. The van der Waals surface area contributed by atoms with E-state index in [2.05, 4.69) is 30.7 Å². The summed E-state index contributed by atoms with van der Waals surface area (Å²) in [6, 6.07) is 4.00. The number of pyridine rings is 1. The largest absolute Gasteiger partial charge is 0.384 e. The van der Waals surface area contributed by atoms with E-state index in [1.807, 2.05) is 18.3 Å². The van der Waals surface area contributed by atoms with Gasteiger partial charge in [-0.05, 0) is 23.1 Å². The number of nitrogens with one attached hydrogen (secondary N) is 1. The van der Waals surface area contributed by atoms with Gasteiger partial charge < -0.3 is 10.7 Å². The maximum absolute atomic E-state index is 5.75. The van der Waals surface area contributed by atoms with Crippen molar-refractivity contribution in [2.75, 3.05) is 5.73 Å². The van der Waals surface area contributed by atoms with E-state index in [-0.39, 0.29) is 5.41 Å². The Morgan fingerprint density at radius 1 is 1.36 bits per heavy atom. The molecule has 0 aliphatic heterocycles. The second-order valence-corrected chi connectivity index (χ2v) is 4.58. The summed E-state index contributed by atoms with van der Waals surface area (Å²) in [7, 11) is 0. The molecule has 2 aromatic heterocycles. The highest BCUT2D eigenvalue weighted by Crippen LogP contribution is 2.29. The van der Waals surface area contributed by atoms with Gasteiger partial charge in [0.05, 0.1) is 0 Å². The van der Waals surface area contributed by atoms with Crippen LogP contribution in [0.1, 0.15) is 26.3 Å². The van der Waals surface area contributed by atoms with Gasteiger partial charge in [-0.3, -0.25) is 0 Å². The third-order valence-electron chi connectivity index (χ3n) is 2.36. The average molecular weight is 189 g/mol. The second kappa shape index (κ2) is 2.74. The van der Waals surface area contributed by atoms with Crippen molar-refractivity contribution in [2.45, 2.75) is 26.2 Å². The Kier molecular flexibility index (Phi) is 1.77. The van der Waals surface area contributed by atoms with Gasteiger partial charge in [0.15, 0.2) is 0 Å². The van der Waals surface area contributed by atoms with Gasteiger partial charge in [-0.2, -0.15) is 0 Å². The summed E-state index contributed by atoms with van der Waals surface area (Å²) in [5, 5.41) is 1.16. The summed E-state index contributed by atoms with van der Waals surface area (Å²) >= 11 is 0. The van der Waals surface area contributed by atoms with Crippen molar-refractivity contribution in [3.05, 3.63) is 23.9 Å². The fraction of sp³-hybridized carbons (Fsp3) is 0.364. The van der Waals surface area contributed by atoms with Crippen molar-refractivity contribution in [1.29, 1.82) is 0 Å². The number of rotatable bonds is 0. The minimum absolute atomic E-state index is 0.0947. The van der Waals surface area contributed by atoms with Crippen LogP contribution < -0.4 is 5.73 Å². The van der Waals surface area contributed by atoms with Crippen LogP contribution in [0, 0.1) is 0 Å². The van der Waals surface area contributed by atoms with Gasteiger partial charge in [0.25, 0.3) is 0 Å². The van der Waals surface area contributed by atoms with Crippen LogP contribution in [0.4, 0.5) is 5.82 Å². The predicted octanol–water partition coefficient (Wildman–Crippen LogP) is 2.44. The number of aromatic nitrogens is 2. The highest BCUT2D eigenvalue weighted by atomic mass is 14.9. The quantitative estimate of drug-likeness (QED) is 0.668. The van der Waals surface area contributed by atoms with E-state index < -0.39 is 0 Å². The van der Waals surface area contributed by atoms with Gasteiger partial charge in [0.1, 0.15) is 11.5 Å². The summed E-state index contributed by atoms with van der Waals surface area (Å²) in [5.74, 6) is 0.574. The number of nitrogen functional groups attached to an aromatic ring is 1. The molecule has 0 fully saturated rings. The lowest BCUT2D eigenvalue weighted by atomic mass is 9.86. The molecule has 3 heteroatoms. The Hall–Kier alpha value is -1.51.